The number of nitrogens with two attached hydrogens (primary N) is 1. The fourth-order valence-corrected chi connectivity index (χ4v) is 7.31. The van der Waals surface area contributed by atoms with Crippen LogP contribution in [0.5, 0.6) is 0 Å². The fourth-order valence-electron chi connectivity index (χ4n) is 7.31. The van der Waals surface area contributed by atoms with Crippen LogP contribution in [0.4, 0.5) is 0 Å². The van der Waals surface area contributed by atoms with E-state index in [4.69, 9.17) is 0 Å². The summed E-state index contributed by atoms with van der Waals surface area (Å²) in [7, 11) is 3.57. The topological polar surface area (TPSA) is 53.8 Å². The van der Waals surface area contributed by atoms with Crippen molar-refractivity contribution in [3.05, 3.63) is 186 Å². The lowest BCUT2D eigenvalue weighted by Crippen LogP contribution is -2.43. The highest BCUT2D eigenvalue weighted by Gasteiger charge is 2.37. The van der Waals surface area contributed by atoms with Gasteiger partial charge in [0.2, 0.25) is 0 Å². The van der Waals surface area contributed by atoms with E-state index < -0.39 is 5.54 Å². The van der Waals surface area contributed by atoms with Crippen molar-refractivity contribution >= 4 is 17.0 Å². The predicted octanol–water partition coefficient (Wildman–Crippen LogP) is 10.9. The second kappa shape index (κ2) is 18.0. The third-order valence-corrected chi connectivity index (χ3v) is 9.24. The van der Waals surface area contributed by atoms with Gasteiger partial charge in [0, 0.05) is 22.2 Å². The molecule has 1 aromatic heterocycles. The van der Waals surface area contributed by atoms with Crippen molar-refractivity contribution < 1.29 is 0 Å². The molecule has 0 fully saturated rings. The van der Waals surface area contributed by atoms with E-state index in [0.717, 1.165) is 19.3 Å². The van der Waals surface area contributed by atoms with Crippen LogP contribution in [0.3, 0.4) is 0 Å². The first kappa shape index (κ1) is 36.9. The highest BCUT2D eigenvalue weighted by atomic mass is 14.9. The number of allylic oxidation sites excluding steroid dienone is 6. The Morgan fingerprint density at radius 2 is 1.49 bits per heavy atom. The van der Waals surface area contributed by atoms with E-state index in [9.17, 15) is 0 Å². The Bertz CT molecular complexity index is 1870. The summed E-state index contributed by atoms with van der Waals surface area (Å²) in [5.41, 5.74) is 17.5. The highest BCUT2D eigenvalue weighted by Crippen LogP contribution is 2.46. The van der Waals surface area contributed by atoms with Crippen molar-refractivity contribution in [1.82, 2.24) is 10.3 Å². The summed E-state index contributed by atoms with van der Waals surface area (Å²) in [6.45, 7) is 13.5. The van der Waals surface area contributed by atoms with E-state index in [2.05, 4.69) is 152 Å². The Hall–Kier alpha value is -4.96. The van der Waals surface area contributed by atoms with Gasteiger partial charge in [0.15, 0.2) is 0 Å². The molecule has 7 rings (SSSR count). The van der Waals surface area contributed by atoms with Crippen molar-refractivity contribution in [3.8, 4) is 11.1 Å². The van der Waals surface area contributed by atoms with Gasteiger partial charge in [0.05, 0.1) is 5.54 Å². The minimum atomic E-state index is -0.449. The average molecular weight is 648 g/mol. The highest BCUT2D eigenvalue weighted by molar-refractivity contribution is 6.05. The number of benzene rings is 4. The van der Waals surface area contributed by atoms with Gasteiger partial charge in [0.25, 0.3) is 0 Å². The SMILES string of the molecule is C=C/C=C(\CC1C=Cc2c([nH]c3ccc4c(c23)-c2ccccc2C4)C1)C(NC)(c1ccccc1)c1ccccc1.C=C/C=C\C.CC.CN. The minimum Gasteiger partial charge on any atom is -0.358 e. The zero-order chi connectivity index (χ0) is 35.2. The second-order valence-corrected chi connectivity index (χ2v) is 11.8. The number of hydrogen-bond acceptors (Lipinski definition) is 2. The summed E-state index contributed by atoms with van der Waals surface area (Å²) in [6, 6.07) is 35.1. The van der Waals surface area contributed by atoms with E-state index in [1.54, 1.807) is 6.08 Å². The number of H-pyrrole nitrogens is 1. The van der Waals surface area contributed by atoms with Gasteiger partial charge >= 0.3 is 0 Å². The lowest BCUT2D eigenvalue weighted by molar-refractivity contribution is 0.468. The molecule has 49 heavy (non-hydrogen) atoms. The maximum Gasteiger partial charge on any atom is 0.0908 e. The van der Waals surface area contributed by atoms with Gasteiger partial charge in [-0.05, 0) is 91.2 Å². The van der Waals surface area contributed by atoms with Crippen molar-refractivity contribution in [2.24, 2.45) is 11.7 Å². The first-order valence-electron chi connectivity index (χ1n) is 17.5. The second-order valence-electron chi connectivity index (χ2n) is 11.8. The van der Waals surface area contributed by atoms with Crippen LogP contribution in [0, 0.1) is 5.92 Å². The Labute approximate surface area is 294 Å². The molecule has 3 nitrogen and oxygen atoms in total. The van der Waals surface area contributed by atoms with Crippen LogP contribution in [0.2, 0.25) is 0 Å². The van der Waals surface area contributed by atoms with Crippen molar-refractivity contribution in [1.29, 1.82) is 0 Å². The maximum absolute atomic E-state index is 4.50. The molecule has 4 N–H and O–H groups in total. The summed E-state index contributed by atoms with van der Waals surface area (Å²) in [5.74, 6) is 0.368. The van der Waals surface area contributed by atoms with Gasteiger partial charge in [-0.15, -0.1) is 0 Å². The Morgan fingerprint density at radius 3 is 2.06 bits per heavy atom. The number of aromatic nitrogens is 1. The van der Waals surface area contributed by atoms with E-state index in [1.807, 2.05) is 39.0 Å². The molecule has 5 aromatic rings. The molecule has 0 radical (unpaired) electrons. The smallest absolute Gasteiger partial charge is 0.0908 e. The van der Waals surface area contributed by atoms with Crippen molar-refractivity contribution in [2.75, 3.05) is 14.1 Å². The third kappa shape index (κ3) is 7.54. The lowest BCUT2D eigenvalue weighted by Gasteiger charge is -2.39. The molecule has 0 aliphatic heterocycles. The van der Waals surface area contributed by atoms with E-state index >= 15 is 0 Å². The van der Waals surface area contributed by atoms with E-state index in [1.165, 1.54) is 68.2 Å². The number of fused-ring (bicyclic) bond motifs is 7. The molecule has 0 bridgehead atoms. The third-order valence-electron chi connectivity index (χ3n) is 9.24. The van der Waals surface area contributed by atoms with Crippen LogP contribution in [0.15, 0.2) is 152 Å². The Morgan fingerprint density at radius 1 is 0.857 bits per heavy atom. The largest absolute Gasteiger partial charge is 0.358 e. The van der Waals surface area contributed by atoms with Crippen LogP contribution < -0.4 is 11.1 Å². The van der Waals surface area contributed by atoms with Crippen molar-refractivity contribution in [3.63, 3.8) is 0 Å². The average Bonchev–Trinajstić information content (AvgIpc) is 3.73. The van der Waals surface area contributed by atoms with E-state index in [-0.39, 0.29) is 0 Å². The summed E-state index contributed by atoms with van der Waals surface area (Å²) in [6.07, 6.45) is 17.5. The number of rotatable bonds is 8. The summed E-state index contributed by atoms with van der Waals surface area (Å²) >= 11 is 0. The summed E-state index contributed by atoms with van der Waals surface area (Å²) in [4.78, 5) is 3.82. The molecule has 0 spiro atoms. The normalized spacial score (nSPS) is 14.2. The molecular formula is C46H53N3. The zero-order valence-electron chi connectivity index (χ0n) is 30.0. The number of likely N-dealkylation sites (N-methyl/N-ethyl adjacent to an activating group) is 1. The van der Waals surface area contributed by atoms with E-state index in [0.29, 0.717) is 5.92 Å². The molecule has 2 aliphatic rings. The van der Waals surface area contributed by atoms with Crippen LogP contribution >= 0.6 is 0 Å². The molecule has 2 aliphatic carbocycles. The molecule has 1 atom stereocenters. The molecule has 0 amide bonds. The van der Waals surface area contributed by atoms with Crippen LogP contribution in [-0.4, -0.2) is 19.1 Å². The summed E-state index contributed by atoms with van der Waals surface area (Å²) < 4.78 is 0. The standard InChI is InChI=1S/C38H34N2.C5H8.C2H6.CH5N/c1-3-12-31(38(39-2,29-14-6-4-7-15-29)30-16-8-5-9-17-30)23-26-19-21-33-35(24-26)40-34-22-20-28-25-27-13-10-11-18-32(27)36(28)37(33)34;1-3-5-4-2;2*1-2/h3-22,26,39-40H,1,23-25H2,2H3;3-5H,1H2,2H3;1-2H3;2H2,1H3/b31-12+;5-4-;;. The van der Waals surface area contributed by atoms with Gasteiger partial charge in [-0.25, -0.2) is 0 Å². The molecule has 3 heteroatoms. The lowest BCUT2D eigenvalue weighted by atomic mass is 9.72. The number of nitrogens with one attached hydrogen (secondary N) is 2. The number of aromatic amines is 1. The molecule has 4 aromatic carbocycles. The molecule has 252 valence electrons. The minimum absolute atomic E-state index is 0.368. The molecule has 0 saturated carbocycles. The first-order valence-corrected chi connectivity index (χ1v) is 17.5. The molecule has 1 heterocycles. The zero-order valence-corrected chi connectivity index (χ0v) is 30.0. The van der Waals surface area contributed by atoms with Gasteiger partial charge in [-0.3, -0.25) is 0 Å². The van der Waals surface area contributed by atoms with Crippen LogP contribution in [-0.2, 0) is 18.4 Å². The maximum atomic E-state index is 4.50. The Kier molecular flexibility index (Phi) is 13.5. The van der Waals surface area contributed by atoms with Crippen LogP contribution in [0.25, 0.3) is 28.1 Å². The molecule has 1 unspecified atom stereocenters. The van der Waals surface area contributed by atoms with Gasteiger partial charge < -0.3 is 16.0 Å². The number of hydrogen-bond donors (Lipinski definition) is 3. The van der Waals surface area contributed by atoms with Gasteiger partial charge in [-0.2, -0.15) is 0 Å². The first-order chi connectivity index (χ1) is 24.1. The quantitative estimate of drug-likeness (QED) is 0.144. The molecular weight excluding hydrogens is 595 g/mol. The molecule has 0 saturated heterocycles. The fraction of sp³-hybridized carbons (Fsp3) is 0.217. The summed E-state index contributed by atoms with van der Waals surface area (Å²) in [5, 5.41) is 5.13. The van der Waals surface area contributed by atoms with Crippen molar-refractivity contribution in [2.45, 2.75) is 45.6 Å². The van der Waals surface area contributed by atoms with Gasteiger partial charge in [0.1, 0.15) is 0 Å². The monoisotopic (exact) mass is 647 g/mol. The Balaban J connectivity index is 0.000000545. The van der Waals surface area contributed by atoms with Crippen LogP contribution in [0.1, 0.15) is 60.7 Å². The van der Waals surface area contributed by atoms with Gasteiger partial charge in [-0.1, -0.05) is 161 Å². The predicted molar refractivity (Wildman–Crippen MR) is 215 cm³/mol.